The van der Waals surface area contributed by atoms with Gasteiger partial charge in [0, 0.05) is 40.5 Å². The molecule has 0 unspecified atom stereocenters. The smallest absolute Gasteiger partial charge is 0.138 e. The summed E-state index contributed by atoms with van der Waals surface area (Å²) in [5, 5.41) is 19.2. The van der Waals surface area contributed by atoms with Gasteiger partial charge in [0.1, 0.15) is 17.1 Å². The zero-order valence-corrected chi connectivity index (χ0v) is 16.1. The molecular weight excluding hydrogens is 390 g/mol. The number of nitrogens with one attached hydrogen (secondary N) is 2. The minimum Gasteiger partial charge on any atom is -0.506 e. The molecule has 0 saturated heterocycles. The van der Waals surface area contributed by atoms with E-state index in [1.807, 2.05) is 36.4 Å². The SMILES string of the molecule is Oc1cncc(-c2cc3c(-c4cc5c(-c6ccccn6)ccnc5[nH]4)n[nH]c3cn2)c1. The number of aromatic amines is 2. The number of aromatic nitrogens is 7. The quantitative estimate of drug-likeness (QED) is 0.403. The average molecular weight is 405 g/mol. The lowest BCUT2D eigenvalue weighted by Gasteiger charge is -2.01. The molecule has 6 rings (SSSR count). The molecule has 0 aliphatic rings. The third kappa shape index (κ3) is 2.89. The molecule has 6 aromatic heterocycles. The molecule has 0 spiro atoms. The third-order valence-electron chi connectivity index (χ3n) is 5.19. The summed E-state index contributed by atoms with van der Waals surface area (Å²) >= 11 is 0. The van der Waals surface area contributed by atoms with Crippen LogP contribution in [0.4, 0.5) is 0 Å². The van der Waals surface area contributed by atoms with Gasteiger partial charge in [0.05, 0.1) is 35.0 Å². The van der Waals surface area contributed by atoms with E-state index in [1.54, 1.807) is 30.9 Å². The number of hydrogen-bond acceptors (Lipinski definition) is 6. The van der Waals surface area contributed by atoms with E-state index < -0.39 is 0 Å². The Bertz CT molecular complexity index is 1550. The Labute approximate surface area is 175 Å². The van der Waals surface area contributed by atoms with E-state index in [1.165, 1.54) is 6.20 Å². The first-order valence-electron chi connectivity index (χ1n) is 9.64. The second-order valence-corrected chi connectivity index (χ2v) is 7.14. The summed E-state index contributed by atoms with van der Waals surface area (Å²) in [5.41, 5.74) is 6.48. The van der Waals surface area contributed by atoms with Gasteiger partial charge in [0.25, 0.3) is 0 Å². The summed E-state index contributed by atoms with van der Waals surface area (Å²) < 4.78 is 0. The molecule has 0 fully saturated rings. The van der Waals surface area contributed by atoms with Gasteiger partial charge in [-0.15, -0.1) is 0 Å². The van der Waals surface area contributed by atoms with Crippen molar-refractivity contribution < 1.29 is 5.11 Å². The van der Waals surface area contributed by atoms with Crippen LogP contribution in [0.5, 0.6) is 5.75 Å². The Morgan fingerprint density at radius 1 is 0.806 bits per heavy atom. The number of hydrogen-bond donors (Lipinski definition) is 3. The largest absolute Gasteiger partial charge is 0.506 e. The van der Waals surface area contributed by atoms with Crippen LogP contribution in [0.1, 0.15) is 0 Å². The second-order valence-electron chi connectivity index (χ2n) is 7.14. The molecule has 0 amide bonds. The first kappa shape index (κ1) is 17.3. The molecule has 3 N–H and O–H groups in total. The lowest BCUT2D eigenvalue weighted by Crippen LogP contribution is -1.85. The Kier molecular flexibility index (Phi) is 3.76. The number of rotatable bonds is 3. The zero-order valence-electron chi connectivity index (χ0n) is 16.1. The van der Waals surface area contributed by atoms with Crippen LogP contribution in [0.2, 0.25) is 0 Å². The molecule has 148 valence electrons. The fourth-order valence-corrected chi connectivity index (χ4v) is 3.75. The van der Waals surface area contributed by atoms with E-state index in [0.717, 1.165) is 50.1 Å². The summed E-state index contributed by atoms with van der Waals surface area (Å²) in [6.45, 7) is 0. The van der Waals surface area contributed by atoms with Crippen molar-refractivity contribution in [3.8, 4) is 39.7 Å². The van der Waals surface area contributed by atoms with E-state index >= 15 is 0 Å². The van der Waals surface area contributed by atoms with Crippen molar-refractivity contribution in [2.75, 3.05) is 0 Å². The van der Waals surface area contributed by atoms with Crippen LogP contribution in [0.3, 0.4) is 0 Å². The number of pyridine rings is 4. The molecular formula is C23H15N7O. The predicted octanol–water partition coefficient (Wildman–Crippen LogP) is 4.33. The van der Waals surface area contributed by atoms with Crippen LogP contribution in [0.25, 0.3) is 55.8 Å². The minimum atomic E-state index is 0.0931. The normalized spacial score (nSPS) is 11.4. The van der Waals surface area contributed by atoms with Gasteiger partial charge < -0.3 is 10.1 Å². The van der Waals surface area contributed by atoms with Crippen LogP contribution in [0, 0.1) is 0 Å². The van der Waals surface area contributed by atoms with Gasteiger partial charge >= 0.3 is 0 Å². The van der Waals surface area contributed by atoms with Crippen LogP contribution in [-0.4, -0.2) is 40.2 Å². The lowest BCUT2D eigenvalue weighted by molar-refractivity contribution is 0.473. The maximum absolute atomic E-state index is 9.75. The highest BCUT2D eigenvalue weighted by Crippen LogP contribution is 2.33. The molecule has 0 aromatic carbocycles. The predicted molar refractivity (Wildman–Crippen MR) is 117 cm³/mol. The van der Waals surface area contributed by atoms with Gasteiger partial charge in [-0.1, -0.05) is 6.07 Å². The van der Waals surface area contributed by atoms with Crippen LogP contribution in [0.15, 0.2) is 73.4 Å². The Morgan fingerprint density at radius 2 is 1.77 bits per heavy atom. The van der Waals surface area contributed by atoms with Gasteiger partial charge in [-0.3, -0.25) is 20.1 Å². The highest BCUT2D eigenvalue weighted by Gasteiger charge is 2.15. The fraction of sp³-hybridized carbons (Fsp3) is 0. The van der Waals surface area contributed by atoms with Gasteiger partial charge in [-0.05, 0) is 36.4 Å². The van der Waals surface area contributed by atoms with Crippen molar-refractivity contribution in [2.24, 2.45) is 0 Å². The van der Waals surface area contributed by atoms with Crippen molar-refractivity contribution in [2.45, 2.75) is 0 Å². The molecule has 0 aliphatic heterocycles. The van der Waals surface area contributed by atoms with Crippen molar-refractivity contribution in [3.63, 3.8) is 0 Å². The van der Waals surface area contributed by atoms with E-state index in [9.17, 15) is 5.11 Å². The topological polar surface area (TPSA) is 116 Å². The van der Waals surface area contributed by atoms with Gasteiger partial charge in [-0.2, -0.15) is 5.10 Å². The summed E-state index contributed by atoms with van der Waals surface area (Å²) in [6.07, 6.45) is 8.33. The molecule has 0 bridgehead atoms. The van der Waals surface area contributed by atoms with E-state index in [4.69, 9.17) is 0 Å². The minimum absolute atomic E-state index is 0.0931. The van der Waals surface area contributed by atoms with E-state index in [2.05, 4.69) is 35.1 Å². The number of fused-ring (bicyclic) bond motifs is 2. The Balaban J connectivity index is 1.51. The van der Waals surface area contributed by atoms with Crippen molar-refractivity contribution in [1.29, 1.82) is 0 Å². The standard InChI is InChI=1S/C23H15N7O/c31-14-7-13(10-24-11-14)19-9-17-21(12-27-19)29-30-22(17)20-8-16-15(4-6-26-23(16)28-20)18-3-1-2-5-25-18/h1-12,31H,(H,26,28)(H,29,30). The first-order valence-corrected chi connectivity index (χ1v) is 9.64. The third-order valence-corrected chi connectivity index (χ3v) is 5.19. The molecule has 0 saturated carbocycles. The molecule has 8 heteroatoms. The summed E-state index contributed by atoms with van der Waals surface area (Å²) in [6, 6.07) is 13.4. The highest BCUT2D eigenvalue weighted by atomic mass is 16.3. The maximum Gasteiger partial charge on any atom is 0.138 e. The van der Waals surface area contributed by atoms with Crippen molar-refractivity contribution >= 4 is 21.9 Å². The summed E-state index contributed by atoms with van der Waals surface area (Å²) in [4.78, 5) is 20.8. The highest BCUT2D eigenvalue weighted by molar-refractivity contribution is 5.99. The maximum atomic E-state index is 9.75. The summed E-state index contributed by atoms with van der Waals surface area (Å²) in [7, 11) is 0. The Morgan fingerprint density at radius 3 is 2.65 bits per heavy atom. The van der Waals surface area contributed by atoms with Gasteiger partial charge in [0.2, 0.25) is 0 Å². The molecule has 6 heterocycles. The Hall–Kier alpha value is -4.59. The first-order chi connectivity index (χ1) is 15.3. The van der Waals surface area contributed by atoms with Crippen LogP contribution in [-0.2, 0) is 0 Å². The van der Waals surface area contributed by atoms with E-state index in [-0.39, 0.29) is 5.75 Å². The monoisotopic (exact) mass is 405 g/mol. The number of H-pyrrole nitrogens is 2. The van der Waals surface area contributed by atoms with Crippen molar-refractivity contribution in [1.82, 2.24) is 35.1 Å². The fourth-order valence-electron chi connectivity index (χ4n) is 3.75. The number of aromatic hydroxyl groups is 1. The van der Waals surface area contributed by atoms with Gasteiger partial charge in [0.15, 0.2) is 0 Å². The molecule has 8 nitrogen and oxygen atoms in total. The van der Waals surface area contributed by atoms with Crippen LogP contribution < -0.4 is 0 Å². The molecule has 0 aliphatic carbocycles. The van der Waals surface area contributed by atoms with Crippen molar-refractivity contribution in [3.05, 3.63) is 73.4 Å². The molecule has 31 heavy (non-hydrogen) atoms. The lowest BCUT2D eigenvalue weighted by atomic mass is 10.1. The van der Waals surface area contributed by atoms with Crippen LogP contribution >= 0.6 is 0 Å². The second kappa shape index (κ2) is 6.74. The van der Waals surface area contributed by atoms with E-state index in [0.29, 0.717) is 5.69 Å². The molecule has 0 radical (unpaired) electrons. The van der Waals surface area contributed by atoms with Gasteiger partial charge in [-0.25, -0.2) is 4.98 Å². The molecule has 0 atom stereocenters. The number of nitrogens with zero attached hydrogens (tertiary/aromatic N) is 5. The molecule has 6 aromatic rings. The zero-order chi connectivity index (χ0) is 20.8. The summed E-state index contributed by atoms with van der Waals surface area (Å²) in [5.74, 6) is 0.0931. The average Bonchev–Trinajstić information content (AvgIpc) is 3.43.